The summed E-state index contributed by atoms with van der Waals surface area (Å²) < 4.78 is 10.5. The predicted octanol–water partition coefficient (Wildman–Crippen LogP) is 1.05. The van der Waals surface area contributed by atoms with Crippen LogP contribution in [0.3, 0.4) is 0 Å². The van der Waals surface area contributed by atoms with Crippen LogP contribution in [0.4, 0.5) is 0 Å². The fraction of sp³-hybridized carbons (Fsp3) is 0.143. The third-order valence-corrected chi connectivity index (χ3v) is 3.05. The number of carbonyl (C=O) groups excluding carboxylic acids is 2. The molecule has 0 aliphatic rings. The van der Waals surface area contributed by atoms with Gasteiger partial charge < -0.3 is 20.9 Å². The second-order valence-corrected chi connectivity index (χ2v) is 4.11. The molecule has 20 heavy (non-hydrogen) atoms. The normalized spacial score (nSPS) is 10.3. The van der Waals surface area contributed by atoms with E-state index in [4.69, 9.17) is 20.9 Å². The summed E-state index contributed by atoms with van der Waals surface area (Å²) in [5.74, 6) is -0.425. The highest BCUT2D eigenvalue weighted by atomic mass is 16.5. The minimum Gasteiger partial charge on any atom is -0.496 e. The molecule has 0 fully saturated rings. The Kier molecular flexibility index (Phi) is 3.47. The van der Waals surface area contributed by atoms with Crippen LogP contribution in [0.1, 0.15) is 20.7 Å². The summed E-state index contributed by atoms with van der Waals surface area (Å²) in [6.45, 7) is 0. The van der Waals surface area contributed by atoms with Crippen molar-refractivity contribution in [3.05, 3.63) is 35.4 Å². The molecule has 0 saturated carbocycles. The van der Waals surface area contributed by atoms with E-state index in [1.807, 2.05) is 0 Å². The first-order valence-electron chi connectivity index (χ1n) is 5.78. The van der Waals surface area contributed by atoms with Gasteiger partial charge in [0.2, 0.25) is 11.8 Å². The number of benzene rings is 2. The van der Waals surface area contributed by atoms with Crippen LogP contribution in [-0.2, 0) is 0 Å². The van der Waals surface area contributed by atoms with Crippen LogP contribution < -0.4 is 20.9 Å². The summed E-state index contributed by atoms with van der Waals surface area (Å²) in [5, 5.41) is 0.825. The van der Waals surface area contributed by atoms with Gasteiger partial charge in [-0.2, -0.15) is 0 Å². The van der Waals surface area contributed by atoms with Gasteiger partial charge in [-0.1, -0.05) is 0 Å². The molecule has 0 saturated heterocycles. The molecular weight excluding hydrogens is 260 g/mol. The molecule has 0 bridgehead atoms. The number of methoxy groups -OCH3 is 2. The molecule has 0 aromatic heterocycles. The smallest absolute Gasteiger partial charge is 0.249 e. The van der Waals surface area contributed by atoms with Crippen molar-refractivity contribution in [2.75, 3.05) is 14.2 Å². The van der Waals surface area contributed by atoms with Crippen molar-refractivity contribution >= 4 is 22.6 Å². The molecule has 6 heteroatoms. The van der Waals surface area contributed by atoms with Gasteiger partial charge in [-0.3, -0.25) is 9.59 Å². The van der Waals surface area contributed by atoms with Gasteiger partial charge in [-0.25, -0.2) is 0 Å². The lowest BCUT2D eigenvalue weighted by molar-refractivity contribution is 0.0991. The molecule has 0 heterocycles. The number of nitrogens with two attached hydrogens (primary N) is 2. The maximum absolute atomic E-state index is 11.6. The zero-order valence-corrected chi connectivity index (χ0v) is 11.1. The Morgan fingerprint density at radius 3 is 1.40 bits per heavy atom. The minimum absolute atomic E-state index is 0.237. The molecule has 4 N–H and O–H groups in total. The SMILES string of the molecule is COc1ccc(C(N)=O)c2c(OC)ccc(C(N)=O)c12. The van der Waals surface area contributed by atoms with Gasteiger partial charge in [0.25, 0.3) is 0 Å². The standard InChI is InChI=1S/C14H14N2O4/c1-19-9-5-3-8(14(16)18)12-10(20-2)6-4-7(11(9)12)13(15)17/h3-6H,1-2H3,(H2,15,17)(H2,16,18). The molecule has 2 amide bonds. The van der Waals surface area contributed by atoms with Crippen LogP contribution >= 0.6 is 0 Å². The fourth-order valence-corrected chi connectivity index (χ4v) is 2.18. The Hall–Kier alpha value is -2.76. The van der Waals surface area contributed by atoms with Crippen LogP contribution in [0, 0.1) is 0 Å². The third-order valence-electron chi connectivity index (χ3n) is 3.05. The van der Waals surface area contributed by atoms with Crippen molar-refractivity contribution in [2.45, 2.75) is 0 Å². The molecule has 0 spiro atoms. The largest absolute Gasteiger partial charge is 0.496 e. The highest BCUT2D eigenvalue weighted by Crippen LogP contribution is 2.37. The Labute approximate surface area is 115 Å². The topological polar surface area (TPSA) is 105 Å². The van der Waals surface area contributed by atoms with Crippen molar-refractivity contribution in [3.63, 3.8) is 0 Å². The number of fused-ring (bicyclic) bond motifs is 1. The van der Waals surface area contributed by atoms with Gasteiger partial charge >= 0.3 is 0 Å². The quantitative estimate of drug-likeness (QED) is 0.869. The first-order chi connectivity index (χ1) is 9.51. The van der Waals surface area contributed by atoms with E-state index < -0.39 is 11.8 Å². The van der Waals surface area contributed by atoms with Crippen molar-refractivity contribution in [3.8, 4) is 11.5 Å². The maximum atomic E-state index is 11.6. The average Bonchev–Trinajstić information content (AvgIpc) is 2.44. The van der Waals surface area contributed by atoms with Crippen LogP contribution in [-0.4, -0.2) is 26.0 Å². The van der Waals surface area contributed by atoms with Crippen LogP contribution in [0.2, 0.25) is 0 Å². The van der Waals surface area contributed by atoms with Gasteiger partial charge in [0.1, 0.15) is 11.5 Å². The summed E-state index contributed by atoms with van der Waals surface area (Å²) >= 11 is 0. The number of ether oxygens (including phenoxy) is 2. The summed E-state index contributed by atoms with van der Waals surface area (Å²) in [6, 6.07) is 6.18. The van der Waals surface area contributed by atoms with Crippen molar-refractivity contribution in [2.24, 2.45) is 11.5 Å². The van der Waals surface area contributed by atoms with E-state index in [1.54, 1.807) is 12.1 Å². The van der Waals surface area contributed by atoms with Crippen LogP contribution in [0.25, 0.3) is 10.8 Å². The summed E-state index contributed by atoms with van der Waals surface area (Å²) in [4.78, 5) is 23.1. The molecule has 0 aliphatic carbocycles. The third kappa shape index (κ3) is 2.01. The number of rotatable bonds is 4. The fourth-order valence-electron chi connectivity index (χ4n) is 2.18. The van der Waals surface area contributed by atoms with Gasteiger partial charge in [0, 0.05) is 10.8 Å². The van der Waals surface area contributed by atoms with Crippen molar-refractivity contribution < 1.29 is 19.1 Å². The molecule has 0 aliphatic heterocycles. The Balaban J connectivity index is 3.04. The summed E-state index contributed by atoms with van der Waals surface area (Å²) in [5.41, 5.74) is 11.2. The van der Waals surface area contributed by atoms with E-state index in [0.717, 1.165) is 0 Å². The lowest BCUT2D eigenvalue weighted by Crippen LogP contribution is -2.15. The maximum Gasteiger partial charge on any atom is 0.249 e. The highest BCUT2D eigenvalue weighted by Gasteiger charge is 2.19. The predicted molar refractivity (Wildman–Crippen MR) is 74.1 cm³/mol. The number of amides is 2. The van der Waals surface area contributed by atoms with E-state index in [1.165, 1.54) is 26.4 Å². The Bertz CT molecular complexity index is 649. The summed E-state index contributed by atoms with van der Waals surface area (Å²) in [6.07, 6.45) is 0. The lowest BCUT2D eigenvalue weighted by Gasteiger charge is -2.14. The van der Waals surface area contributed by atoms with Crippen molar-refractivity contribution in [1.82, 2.24) is 0 Å². The first kappa shape index (κ1) is 13.7. The molecule has 2 aromatic rings. The average molecular weight is 274 g/mol. The van der Waals surface area contributed by atoms with E-state index in [2.05, 4.69) is 0 Å². The van der Waals surface area contributed by atoms with Crippen LogP contribution in [0.5, 0.6) is 11.5 Å². The second-order valence-electron chi connectivity index (χ2n) is 4.11. The van der Waals surface area contributed by atoms with Gasteiger partial charge in [0.05, 0.1) is 25.3 Å². The molecular formula is C14H14N2O4. The second kappa shape index (κ2) is 5.08. The highest BCUT2D eigenvalue weighted by molar-refractivity contribution is 6.17. The van der Waals surface area contributed by atoms with Gasteiger partial charge in [0.15, 0.2) is 0 Å². The number of carbonyl (C=O) groups is 2. The zero-order valence-electron chi connectivity index (χ0n) is 11.1. The molecule has 0 radical (unpaired) electrons. The Morgan fingerprint density at radius 2 is 1.15 bits per heavy atom. The van der Waals surface area contributed by atoms with E-state index in [9.17, 15) is 9.59 Å². The molecule has 104 valence electrons. The number of primary amides is 2. The molecule has 2 aromatic carbocycles. The number of hydrogen-bond donors (Lipinski definition) is 2. The van der Waals surface area contributed by atoms with E-state index in [-0.39, 0.29) is 11.1 Å². The Morgan fingerprint density at radius 1 is 0.800 bits per heavy atom. The van der Waals surface area contributed by atoms with Gasteiger partial charge in [-0.05, 0) is 24.3 Å². The molecule has 2 rings (SSSR count). The molecule has 6 nitrogen and oxygen atoms in total. The first-order valence-corrected chi connectivity index (χ1v) is 5.78. The monoisotopic (exact) mass is 274 g/mol. The van der Waals surface area contributed by atoms with E-state index in [0.29, 0.717) is 22.3 Å². The summed E-state index contributed by atoms with van der Waals surface area (Å²) in [7, 11) is 2.92. The van der Waals surface area contributed by atoms with Crippen LogP contribution in [0.15, 0.2) is 24.3 Å². The lowest BCUT2D eigenvalue weighted by atomic mass is 9.97. The van der Waals surface area contributed by atoms with Gasteiger partial charge in [-0.15, -0.1) is 0 Å². The molecule has 0 unspecified atom stereocenters. The minimum atomic E-state index is -0.627. The molecule has 0 atom stereocenters. The van der Waals surface area contributed by atoms with Crippen molar-refractivity contribution in [1.29, 1.82) is 0 Å². The van der Waals surface area contributed by atoms with E-state index >= 15 is 0 Å². The number of hydrogen-bond acceptors (Lipinski definition) is 4. The zero-order chi connectivity index (χ0) is 14.9.